The summed E-state index contributed by atoms with van der Waals surface area (Å²) < 4.78 is 0. The minimum atomic E-state index is -0.967. The molecule has 1 aliphatic heterocycles. The molecule has 0 unspecified atom stereocenters. The standard InChI is InChI=1S/C18H20N4O2/c19-14-3-5-16(6-4-14)22-10-9-15(12-22)21-17-7-1-13(11-20-17)2-8-18(23)24/h1-8,11,15H,9-10,12,19H2,(H,20,21)(H,23,24)/b8-2+/t15-/m1/s1. The van der Waals surface area contributed by atoms with Crippen molar-refractivity contribution in [2.24, 2.45) is 0 Å². The van der Waals surface area contributed by atoms with Gasteiger partial charge in [0, 0.05) is 42.8 Å². The zero-order chi connectivity index (χ0) is 16.9. The predicted octanol–water partition coefficient (Wildman–Crippen LogP) is 2.45. The smallest absolute Gasteiger partial charge is 0.328 e. The summed E-state index contributed by atoms with van der Waals surface area (Å²) in [6, 6.07) is 12.0. The molecule has 124 valence electrons. The second-order valence-electron chi connectivity index (χ2n) is 5.82. The molecule has 6 nitrogen and oxygen atoms in total. The molecule has 0 bridgehead atoms. The number of carboxylic acids is 1. The third-order valence-electron chi connectivity index (χ3n) is 4.00. The van der Waals surface area contributed by atoms with Crippen molar-refractivity contribution in [2.75, 3.05) is 29.0 Å². The number of carboxylic acid groups (broad SMARTS) is 1. The van der Waals surface area contributed by atoms with Gasteiger partial charge in [-0.1, -0.05) is 0 Å². The summed E-state index contributed by atoms with van der Waals surface area (Å²) in [6.45, 7) is 1.90. The maximum Gasteiger partial charge on any atom is 0.328 e. The first kappa shape index (κ1) is 15.9. The molecule has 1 aliphatic rings. The monoisotopic (exact) mass is 324 g/mol. The first-order chi connectivity index (χ1) is 11.6. The van der Waals surface area contributed by atoms with Crippen LogP contribution in [0.3, 0.4) is 0 Å². The Balaban J connectivity index is 1.57. The summed E-state index contributed by atoms with van der Waals surface area (Å²) >= 11 is 0. The van der Waals surface area contributed by atoms with Gasteiger partial charge in [0.2, 0.25) is 0 Å². The Hall–Kier alpha value is -3.02. The lowest BCUT2D eigenvalue weighted by Gasteiger charge is -2.19. The van der Waals surface area contributed by atoms with Gasteiger partial charge in [-0.3, -0.25) is 0 Å². The van der Waals surface area contributed by atoms with Crippen LogP contribution in [-0.2, 0) is 4.79 Å². The summed E-state index contributed by atoms with van der Waals surface area (Å²) in [4.78, 5) is 17.2. The number of nitrogens with one attached hydrogen (secondary N) is 1. The average molecular weight is 324 g/mol. The molecule has 2 heterocycles. The van der Waals surface area contributed by atoms with Crippen molar-refractivity contribution < 1.29 is 9.90 Å². The number of nitrogens with two attached hydrogens (primary N) is 1. The second-order valence-corrected chi connectivity index (χ2v) is 5.82. The fraction of sp³-hybridized carbons (Fsp3) is 0.222. The maximum absolute atomic E-state index is 10.5. The van der Waals surface area contributed by atoms with E-state index in [0.717, 1.165) is 42.7 Å². The molecule has 1 atom stereocenters. The Morgan fingerprint density at radius 3 is 2.75 bits per heavy atom. The quantitative estimate of drug-likeness (QED) is 0.578. The minimum absolute atomic E-state index is 0.329. The van der Waals surface area contributed by atoms with Crippen LogP contribution in [0.5, 0.6) is 0 Å². The predicted molar refractivity (Wildman–Crippen MR) is 96.0 cm³/mol. The van der Waals surface area contributed by atoms with E-state index in [9.17, 15) is 4.79 Å². The second kappa shape index (κ2) is 7.04. The lowest BCUT2D eigenvalue weighted by molar-refractivity contribution is -0.131. The lowest BCUT2D eigenvalue weighted by atomic mass is 10.2. The maximum atomic E-state index is 10.5. The van der Waals surface area contributed by atoms with Crippen molar-refractivity contribution in [2.45, 2.75) is 12.5 Å². The van der Waals surface area contributed by atoms with E-state index in [1.165, 1.54) is 11.8 Å². The number of benzene rings is 1. The molecule has 2 aromatic rings. The fourth-order valence-corrected chi connectivity index (χ4v) is 2.76. The van der Waals surface area contributed by atoms with Gasteiger partial charge in [-0.25, -0.2) is 9.78 Å². The number of hydrogen-bond donors (Lipinski definition) is 3. The van der Waals surface area contributed by atoms with Gasteiger partial charge in [-0.05, 0) is 54.5 Å². The normalized spacial score (nSPS) is 17.3. The van der Waals surface area contributed by atoms with E-state index in [0.29, 0.717) is 6.04 Å². The number of nitrogens with zero attached hydrogens (tertiary/aromatic N) is 2. The van der Waals surface area contributed by atoms with Gasteiger partial charge in [-0.2, -0.15) is 0 Å². The van der Waals surface area contributed by atoms with Gasteiger partial charge in [0.1, 0.15) is 5.82 Å². The van der Waals surface area contributed by atoms with E-state index < -0.39 is 5.97 Å². The Kier molecular flexibility index (Phi) is 4.65. The number of aromatic nitrogens is 1. The fourth-order valence-electron chi connectivity index (χ4n) is 2.76. The first-order valence-corrected chi connectivity index (χ1v) is 7.84. The highest BCUT2D eigenvalue weighted by Gasteiger charge is 2.22. The van der Waals surface area contributed by atoms with Crippen LogP contribution < -0.4 is 16.0 Å². The van der Waals surface area contributed by atoms with Crippen molar-refractivity contribution in [1.82, 2.24) is 4.98 Å². The van der Waals surface area contributed by atoms with Crippen LogP contribution in [0.2, 0.25) is 0 Å². The molecule has 1 aromatic carbocycles. The van der Waals surface area contributed by atoms with Crippen molar-refractivity contribution in [3.05, 3.63) is 54.2 Å². The molecule has 3 rings (SSSR count). The molecule has 0 spiro atoms. The number of anilines is 3. The largest absolute Gasteiger partial charge is 0.478 e. The Morgan fingerprint density at radius 2 is 2.08 bits per heavy atom. The van der Waals surface area contributed by atoms with E-state index in [2.05, 4.69) is 15.2 Å². The number of hydrogen-bond acceptors (Lipinski definition) is 5. The number of aliphatic carboxylic acids is 1. The summed E-state index contributed by atoms with van der Waals surface area (Å²) in [5, 5.41) is 12.0. The van der Waals surface area contributed by atoms with Crippen molar-refractivity contribution in [3.63, 3.8) is 0 Å². The number of pyridine rings is 1. The van der Waals surface area contributed by atoms with E-state index in [-0.39, 0.29) is 0 Å². The van der Waals surface area contributed by atoms with Crippen molar-refractivity contribution in [3.8, 4) is 0 Å². The Labute approximate surface area is 140 Å². The number of carbonyl (C=O) groups is 1. The average Bonchev–Trinajstić information content (AvgIpc) is 3.03. The highest BCUT2D eigenvalue weighted by Crippen LogP contribution is 2.23. The SMILES string of the molecule is Nc1ccc(N2CC[C@@H](Nc3ccc(/C=C/C(=O)O)cn3)C2)cc1. The zero-order valence-corrected chi connectivity index (χ0v) is 13.2. The van der Waals surface area contributed by atoms with Crippen LogP contribution in [0.15, 0.2) is 48.7 Å². The molecule has 6 heteroatoms. The molecule has 1 aromatic heterocycles. The lowest BCUT2D eigenvalue weighted by Crippen LogP contribution is -2.26. The summed E-state index contributed by atoms with van der Waals surface area (Å²) in [7, 11) is 0. The Bertz CT molecular complexity index is 726. The zero-order valence-electron chi connectivity index (χ0n) is 13.2. The van der Waals surface area contributed by atoms with Gasteiger partial charge in [0.05, 0.1) is 0 Å². The van der Waals surface area contributed by atoms with E-state index in [1.54, 1.807) is 6.20 Å². The van der Waals surface area contributed by atoms with Crippen LogP contribution in [0.4, 0.5) is 17.2 Å². The van der Waals surface area contributed by atoms with Crippen LogP contribution in [0.1, 0.15) is 12.0 Å². The molecule has 1 fully saturated rings. The third kappa shape index (κ3) is 4.04. The minimum Gasteiger partial charge on any atom is -0.478 e. The van der Waals surface area contributed by atoms with Crippen molar-refractivity contribution >= 4 is 29.2 Å². The Morgan fingerprint density at radius 1 is 1.29 bits per heavy atom. The highest BCUT2D eigenvalue weighted by molar-refractivity contribution is 5.85. The molecule has 0 amide bonds. The van der Waals surface area contributed by atoms with E-state index in [4.69, 9.17) is 10.8 Å². The van der Waals surface area contributed by atoms with Crippen LogP contribution in [-0.4, -0.2) is 35.2 Å². The molecule has 4 N–H and O–H groups in total. The number of nitrogen functional groups attached to an aromatic ring is 1. The molecule has 0 radical (unpaired) electrons. The third-order valence-corrected chi connectivity index (χ3v) is 4.00. The van der Waals surface area contributed by atoms with Gasteiger partial charge in [0.25, 0.3) is 0 Å². The van der Waals surface area contributed by atoms with Gasteiger partial charge >= 0.3 is 5.97 Å². The molecule has 1 saturated heterocycles. The number of rotatable bonds is 5. The summed E-state index contributed by atoms with van der Waals surface area (Å²) in [5.74, 6) is -0.169. The van der Waals surface area contributed by atoms with Crippen LogP contribution in [0.25, 0.3) is 6.08 Å². The topological polar surface area (TPSA) is 91.5 Å². The van der Waals surface area contributed by atoms with Crippen molar-refractivity contribution in [1.29, 1.82) is 0 Å². The van der Waals surface area contributed by atoms with Gasteiger partial charge < -0.3 is 21.1 Å². The summed E-state index contributed by atoms with van der Waals surface area (Å²) in [5.41, 5.74) is 8.44. The van der Waals surface area contributed by atoms with Crippen LogP contribution in [0, 0.1) is 0 Å². The van der Waals surface area contributed by atoms with Crippen LogP contribution >= 0.6 is 0 Å². The molecular weight excluding hydrogens is 304 g/mol. The molecular formula is C18H20N4O2. The van der Waals surface area contributed by atoms with E-state index in [1.807, 2.05) is 36.4 Å². The van der Waals surface area contributed by atoms with Gasteiger partial charge in [0.15, 0.2) is 0 Å². The molecule has 0 aliphatic carbocycles. The molecule has 0 saturated carbocycles. The highest BCUT2D eigenvalue weighted by atomic mass is 16.4. The van der Waals surface area contributed by atoms with Gasteiger partial charge in [-0.15, -0.1) is 0 Å². The van der Waals surface area contributed by atoms with E-state index >= 15 is 0 Å². The molecule has 24 heavy (non-hydrogen) atoms. The summed E-state index contributed by atoms with van der Waals surface area (Å²) in [6.07, 6.45) is 5.32. The first-order valence-electron chi connectivity index (χ1n) is 7.84.